The van der Waals surface area contributed by atoms with Gasteiger partial charge in [-0.15, -0.1) is 0 Å². The van der Waals surface area contributed by atoms with E-state index in [-0.39, 0.29) is 11.4 Å². The van der Waals surface area contributed by atoms with Crippen molar-refractivity contribution in [2.24, 2.45) is 0 Å². The van der Waals surface area contributed by atoms with Gasteiger partial charge in [-0.05, 0) is 39.1 Å². The molecule has 0 aliphatic carbocycles. The molecule has 1 heterocycles. The van der Waals surface area contributed by atoms with Crippen LogP contribution < -0.4 is 4.74 Å². The number of halogens is 1. The van der Waals surface area contributed by atoms with Gasteiger partial charge in [0.05, 0.1) is 12.7 Å². The Kier molecular flexibility index (Phi) is 4.39. The quantitative estimate of drug-likeness (QED) is 0.829. The molecule has 2 rings (SSSR count). The average molecular weight is 341 g/mol. The standard InChI is InChI=1S/C15H21BrN2O2/c1-15(2)10-18(8-7-17(15)3)14(19)12-6-5-11(16)9-13(12)20-4/h5-6,9H,7-8,10H2,1-4H3. The molecule has 1 aliphatic heterocycles. The van der Waals surface area contributed by atoms with Gasteiger partial charge in [-0.25, -0.2) is 0 Å². The maximum Gasteiger partial charge on any atom is 0.257 e. The third kappa shape index (κ3) is 2.99. The third-order valence-corrected chi connectivity index (χ3v) is 4.49. The molecule has 110 valence electrons. The number of hydrogen-bond donors (Lipinski definition) is 0. The number of hydrogen-bond acceptors (Lipinski definition) is 3. The first-order valence-electron chi connectivity index (χ1n) is 6.69. The molecule has 0 radical (unpaired) electrons. The number of benzene rings is 1. The van der Waals surface area contributed by atoms with Crippen LogP contribution in [0.5, 0.6) is 5.75 Å². The summed E-state index contributed by atoms with van der Waals surface area (Å²) >= 11 is 3.40. The lowest BCUT2D eigenvalue weighted by Gasteiger charge is -2.45. The van der Waals surface area contributed by atoms with Gasteiger partial charge in [0.15, 0.2) is 0 Å². The van der Waals surface area contributed by atoms with Gasteiger partial charge in [0.25, 0.3) is 5.91 Å². The highest BCUT2D eigenvalue weighted by atomic mass is 79.9. The van der Waals surface area contributed by atoms with Crippen LogP contribution in [-0.4, -0.2) is 55.0 Å². The minimum atomic E-state index is -0.00346. The summed E-state index contributed by atoms with van der Waals surface area (Å²) in [5, 5.41) is 0. The molecule has 0 spiro atoms. The van der Waals surface area contributed by atoms with E-state index in [1.54, 1.807) is 7.11 Å². The van der Waals surface area contributed by atoms with E-state index in [1.807, 2.05) is 23.1 Å². The summed E-state index contributed by atoms with van der Waals surface area (Å²) < 4.78 is 6.23. The van der Waals surface area contributed by atoms with Crippen LogP contribution in [0.15, 0.2) is 22.7 Å². The molecule has 0 saturated carbocycles. The Morgan fingerprint density at radius 1 is 1.35 bits per heavy atom. The Bertz CT molecular complexity index is 517. The van der Waals surface area contributed by atoms with Crippen LogP contribution >= 0.6 is 15.9 Å². The molecular weight excluding hydrogens is 320 g/mol. The van der Waals surface area contributed by atoms with Crippen molar-refractivity contribution in [1.29, 1.82) is 0 Å². The summed E-state index contributed by atoms with van der Waals surface area (Å²) in [5.74, 6) is 0.650. The summed E-state index contributed by atoms with van der Waals surface area (Å²) in [6.45, 7) is 6.67. The van der Waals surface area contributed by atoms with Gasteiger partial charge in [0, 0.05) is 29.6 Å². The van der Waals surface area contributed by atoms with E-state index >= 15 is 0 Å². The van der Waals surface area contributed by atoms with E-state index < -0.39 is 0 Å². The highest BCUT2D eigenvalue weighted by Gasteiger charge is 2.34. The van der Waals surface area contributed by atoms with Crippen LogP contribution in [0.1, 0.15) is 24.2 Å². The largest absolute Gasteiger partial charge is 0.496 e. The van der Waals surface area contributed by atoms with Crippen LogP contribution in [0, 0.1) is 0 Å². The molecule has 1 fully saturated rings. The molecule has 1 aromatic carbocycles. The van der Waals surface area contributed by atoms with Gasteiger partial charge in [-0.1, -0.05) is 15.9 Å². The molecule has 1 aromatic rings. The second kappa shape index (κ2) is 5.74. The lowest BCUT2D eigenvalue weighted by atomic mass is 9.99. The van der Waals surface area contributed by atoms with E-state index in [0.717, 1.165) is 24.1 Å². The molecule has 0 atom stereocenters. The van der Waals surface area contributed by atoms with Gasteiger partial charge >= 0.3 is 0 Å². The highest BCUT2D eigenvalue weighted by Crippen LogP contribution is 2.27. The number of ether oxygens (including phenoxy) is 1. The number of likely N-dealkylation sites (N-methyl/N-ethyl adjacent to an activating group) is 1. The Morgan fingerprint density at radius 3 is 2.65 bits per heavy atom. The molecule has 5 heteroatoms. The first kappa shape index (κ1) is 15.3. The zero-order chi connectivity index (χ0) is 14.9. The highest BCUT2D eigenvalue weighted by molar-refractivity contribution is 9.10. The van der Waals surface area contributed by atoms with Crippen LogP contribution in [0.4, 0.5) is 0 Å². The Morgan fingerprint density at radius 2 is 2.05 bits per heavy atom. The minimum absolute atomic E-state index is 0.00346. The number of rotatable bonds is 2. The second-order valence-corrected chi connectivity index (χ2v) is 6.72. The van der Waals surface area contributed by atoms with E-state index in [9.17, 15) is 4.79 Å². The van der Waals surface area contributed by atoms with E-state index in [4.69, 9.17) is 4.74 Å². The molecule has 1 saturated heterocycles. The predicted octanol–water partition coefficient (Wildman–Crippen LogP) is 2.62. The number of amides is 1. The second-order valence-electron chi connectivity index (χ2n) is 5.81. The molecule has 0 bridgehead atoms. The molecule has 0 N–H and O–H groups in total. The van der Waals surface area contributed by atoms with Crippen molar-refractivity contribution in [1.82, 2.24) is 9.80 Å². The number of nitrogens with zero attached hydrogens (tertiary/aromatic N) is 2. The lowest BCUT2D eigenvalue weighted by molar-refractivity contribution is 0.0309. The van der Waals surface area contributed by atoms with Gasteiger partial charge in [-0.2, -0.15) is 0 Å². The van der Waals surface area contributed by atoms with Crippen molar-refractivity contribution in [2.45, 2.75) is 19.4 Å². The van der Waals surface area contributed by atoms with Crippen molar-refractivity contribution >= 4 is 21.8 Å². The van der Waals surface area contributed by atoms with Crippen molar-refractivity contribution in [3.05, 3.63) is 28.2 Å². The van der Waals surface area contributed by atoms with Crippen molar-refractivity contribution in [3.63, 3.8) is 0 Å². The fourth-order valence-corrected chi connectivity index (χ4v) is 2.77. The van der Waals surface area contributed by atoms with Crippen LogP contribution in [-0.2, 0) is 0 Å². The van der Waals surface area contributed by atoms with Crippen molar-refractivity contribution < 1.29 is 9.53 Å². The molecule has 0 unspecified atom stereocenters. The monoisotopic (exact) mass is 340 g/mol. The first-order chi connectivity index (χ1) is 9.35. The topological polar surface area (TPSA) is 32.8 Å². The molecule has 1 aliphatic rings. The zero-order valence-electron chi connectivity index (χ0n) is 12.4. The Labute approximate surface area is 128 Å². The summed E-state index contributed by atoms with van der Waals surface area (Å²) in [4.78, 5) is 16.9. The normalized spacial score (nSPS) is 18.9. The van der Waals surface area contributed by atoms with Gasteiger partial charge in [-0.3, -0.25) is 9.69 Å². The minimum Gasteiger partial charge on any atom is -0.496 e. The Balaban J connectivity index is 2.24. The summed E-state index contributed by atoms with van der Waals surface area (Å²) in [6.07, 6.45) is 0. The molecule has 20 heavy (non-hydrogen) atoms. The smallest absolute Gasteiger partial charge is 0.257 e. The van der Waals surface area contributed by atoms with Gasteiger partial charge in [0.1, 0.15) is 5.75 Å². The molecular formula is C15H21BrN2O2. The fraction of sp³-hybridized carbons (Fsp3) is 0.533. The predicted molar refractivity (Wildman–Crippen MR) is 83.3 cm³/mol. The zero-order valence-corrected chi connectivity index (χ0v) is 14.0. The van der Waals surface area contributed by atoms with Crippen LogP contribution in [0.2, 0.25) is 0 Å². The summed E-state index contributed by atoms with van der Waals surface area (Å²) in [5.41, 5.74) is 0.618. The first-order valence-corrected chi connectivity index (χ1v) is 7.48. The molecule has 1 amide bonds. The van der Waals surface area contributed by atoms with E-state index in [2.05, 4.69) is 41.7 Å². The Hall–Kier alpha value is -1.07. The van der Waals surface area contributed by atoms with Crippen LogP contribution in [0.25, 0.3) is 0 Å². The number of carbonyl (C=O) groups excluding carboxylic acids is 1. The summed E-state index contributed by atoms with van der Waals surface area (Å²) in [6, 6.07) is 5.52. The molecule has 0 aromatic heterocycles. The number of carbonyl (C=O) groups is 1. The third-order valence-electron chi connectivity index (χ3n) is 4.00. The van der Waals surface area contributed by atoms with Crippen molar-refractivity contribution in [2.75, 3.05) is 33.8 Å². The number of piperazine rings is 1. The fourth-order valence-electron chi connectivity index (χ4n) is 2.43. The van der Waals surface area contributed by atoms with Crippen molar-refractivity contribution in [3.8, 4) is 5.75 Å². The van der Waals surface area contributed by atoms with Gasteiger partial charge < -0.3 is 9.64 Å². The maximum atomic E-state index is 12.7. The number of methoxy groups -OCH3 is 1. The SMILES string of the molecule is COc1cc(Br)ccc1C(=O)N1CCN(C)C(C)(C)C1. The summed E-state index contributed by atoms with van der Waals surface area (Å²) in [7, 11) is 3.69. The van der Waals surface area contributed by atoms with Crippen LogP contribution in [0.3, 0.4) is 0 Å². The maximum absolute atomic E-state index is 12.7. The van der Waals surface area contributed by atoms with E-state index in [0.29, 0.717) is 11.3 Å². The lowest BCUT2D eigenvalue weighted by Crippen LogP contribution is -2.58. The van der Waals surface area contributed by atoms with E-state index in [1.165, 1.54) is 0 Å². The van der Waals surface area contributed by atoms with Gasteiger partial charge in [0.2, 0.25) is 0 Å². The molecule has 4 nitrogen and oxygen atoms in total. The average Bonchev–Trinajstić information content (AvgIpc) is 2.40.